The van der Waals surface area contributed by atoms with Crippen molar-refractivity contribution >= 4 is 38.9 Å². The normalized spacial score (nSPS) is 14.1. The molecule has 0 saturated carbocycles. The maximum Gasteiger partial charge on any atom is 0.183 e. The van der Waals surface area contributed by atoms with Crippen LogP contribution >= 0.6 is 22.9 Å². The number of aromatic nitrogens is 1. The van der Waals surface area contributed by atoms with E-state index >= 15 is 0 Å². The molecule has 0 radical (unpaired) electrons. The van der Waals surface area contributed by atoms with Gasteiger partial charge in [-0.25, -0.2) is 4.98 Å². The summed E-state index contributed by atoms with van der Waals surface area (Å²) in [6.45, 7) is 2.60. The molecule has 2 aromatic rings. The number of rotatable bonds is 5. The van der Waals surface area contributed by atoms with Crippen molar-refractivity contribution in [3.63, 3.8) is 0 Å². The predicted octanol–water partition coefficient (Wildman–Crippen LogP) is 3.64. The first-order valence-electron chi connectivity index (χ1n) is 5.84. The van der Waals surface area contributed by atoms with E-state index in [4.69, 9.17) is 11.6 Å². The van der Waals surface area contributed by atoms with Crippen LogP contribution < -0.4 is 5.32 Å². The first-order chi connectivity index (χ1) is 9.08. The van der Waals surface area contributed by atoms with Gasteiger partial charge in [-0.15, -0.1) is 11.3 Å². The SMILES string of the molecule is C[C@@H](CNc1nc(-c2ccccc2Cl)cs1)[S@](C)=O. The molecule has 0 unspecified atom stereocenters. The van der Waals surface area contributed by atoms with Crippen molar-refractivity contribution in [3.05, 3.63) is 34.7 Å². The molecule has 1 aromatic carbocycles. The van der Waals surface area contributed by atoms with Gasteiger partial charge in [-0.1, -0.05) is 29.8 Å². The summed E-state index contributed by atoms with van der Waals surface area (Å²) in [5.41, 5.74) is 1.80. The standard InChI is InChI=1S/C13H15ClN2OS2/c1-9(19(2)17)7-15-13-16-12(8-18-13)10-5-3-4-6-11(10)14/h3-6,8-9H,7H2,1-2H3,(H,15,16)/t9-,19-/m0/s1. The van der Waals surface area contributed by atoms with Gasteiger partial charge in [-0.05, 0) is 13.0 Å². The number of nitrogens with one attached hydrogen (secondary N) is 1. The molecule has 2 rings (SSSR count). The molecule has 0 fully saturated rings. The Morgan fingerprint density at radius 3 is 2.89 bits per heavy atom. The molecule has 3 nitrogen and oxygen atoms in total. The van der Waals surface area contributed by atoms with E-state index in [-0.39, 0.29) is 5.25 Å². The van der Waals surface area contributed by atoms with Crippen LogP contribution in [0.2, 0.25) is 5.02 Å². The third kappa shape index (κ3) is 3.78. The van der Waals surface area contributed by atoms with Gasteiger partial charge in [0.05, 0.1) is 5.69 Å². The van der Waals surface area contributed by atoms with E-state index in [2.05, 4.69) is 10.3 Å². The van der Waals surface area contributed by atoms with E-state index in [1.807, 2.05) is 36.6 Å². The fourth-order valence-electron chi connectivity index (χ4n) is 1.50. The topological polar surface area (TPSA) is 42.0 Å². The molecule has 0 aliphatic rings. The molecule has 6 heteroatoms. The monoisotopic (exact) mass is 314 g/mol. The van der Waals surface area contributed by atoms with Crippen LogP contribution in [0.5, 0.6) is 0 Å². The van der Waals surface area contributed by atoms with Crippen LogP contribution in [0.4, 0.5) is 5.13 Å². The average molecular weight is 315 g/mol. The fraction of sp³-hybridized carbons (Fsp3) is 0.308. The Kier molecular flexibility index (Phi) is 4.96. The zero-order valence-corrected chi connectivity index (χ0v) is 13.1. The Bertz CT molecular complexity index is 586. The van der Waals surface area contributed by atoms with Crippen molar-refractivity contribution in [3.8, 4) is 11.3 Å². The summed E-state index contributed by atoms with van der Waals surface area (Å²) >= 11 is 7.67. The van der Waals surface area contributed by atoms with E-state index in [0.717, 1.165) is 16.4 Å². The third-order valence-electron chi connectivity index (χ3n) is 2.76. The van der Waals surface area contributed by atoms with Crippen molar-refractivity contribution in [2.45, 2.75) is 12.2 Å². The van der Waals surface area contributed by atoms with Gasteiger partial charge in [0.2, 0.25) is 0 Å². The van der Waals surface area contributed by atoms with Crippen LogP contribution in [0.15, 0.2) is 29.6 Å². The van der Waals surface area contributed by atoms with Gasteiger partial charge in [0.15, 0.2) is 5.13 Å². The minimum atomic E-state index is -0.824. The maximum atomic E-state index is 11.3. The summed E-state index contributed by atoms with van der Waals surface area (Å²) in [5.74, 6) is 0. The van der Waals surface area contributed by atoms with Crippen LogP contribution in [0.25, 0.3) is 11.3 Å². The maximum absolute atomic E-state index is 11.3. The molecule has 0 spiro atoms. The molecular formula is C13H15ClN2OS2. The van der Waals surface area contributed by atoms with Gasteiger partial charge in [0.1, 0.15) is 0 Å². The zero-order chi connectivity index (χ0) is 13.8. The molecule has 1 aromatic heterocycles. The van der Waals surface area contributed by atoms with Crippen LogP contribution in [-0.2, 0) is 10.8 Å². The van der Waals surface area contributed by atoms with E-state index in [9.17, 15) is 4.21 Å². The highest BCUT2D eigenvalue weighted by Gasteiger charge is 2.10. The lowest BCUT2D eigenvalue weighted by atomic mass is 10.2. The molecule has 1 heterocycles. The molecule has 0 bridgehead atoms. The highest BCUT2D eigenvalue weighted by Crippen LogP contribution is 2.30. The van der Waals surface area contributed by atoms with E-state index in [1.54, 1.807) is 6.26 Å². The van der Waals surface area contributed by atoms with Gasteiger partial charge < -0.3 is 5.32 Å². The fourth-order valence-corrected chi connectivity index (χ4v) is 2.77. The summed E-state index contributed by atoms with van der Waals surface area (Å²) in [5, 5.41) is 6.80. The molecule has 1 N–H and O–H groups in total. The minimum absolute atomic E-state index is 0.104. The largest absolute Gasteiger partial charge is 0.360 e. The van der Waals surface area contributed by atoms with Gasteiger partial charge in [0, 0.05) is 44.8 Å². The van der Waals surface area contributed by atoms with Crippen LogP contribution in [0, 0.1) is 0 Å². The van der Waals surface area contributed by atoms with Crippen molar-refractivity contribution in [2.75, 3.05) is 18.1 Å². The van der Waals surface area contributed by atoms with Crippen molar-refractivity contribution in [1.29, 1.82) is 0 Å². The Morgan fingerprint density at radius 2 is 2.21 bits per heavy atom. The van der Waals surface area contributed by atoms with Crippen LogP contribution in [-0.4, -0.2) is 27.2 Å². The number of halogens is 1. The van der Waals surface area contributed by atoms with Gasteiger partial charge >= 0.3 is 0 Å². The number of benzene rings is 1. The van der Waals surface area contributed by atoms with Gasteiger partial charge in [-0.3, -0.25) is 4.21 Å². The smallest absolute Gasteiger partial charge is 0.183 e. The number of hydrogen-bond acceptors (Lipinski definition) is 4. The highest BCUT2D eigenvalue weighted by atomic mass is 35.5. The van der Waals surface area contributed by atoms with Gasteiger partial charge in [0.25, 0.3) is 0 Å². The third-order valence-corrected chi connectivity index (χ3v) is 5.19. The zero-order valence-electron chi connectivity index (χ0n) is 10.7. The molecule has 0 aliphatic carbocycles. The van der Waals surface area contributed by atoms with E-state index < -0.39 is 10.8 Å². The first kappa shape index (κ1) is 14.5. The summed E-state index contributed by atoms with van der Waals surface area (Å²) in [7, 11) is -0.824. The average Bonchev–Trinajstić information content (AvgIpc) is 2.85. The number of nitrogens with zero attached hydrogens (tertiary/aromatic N) is 1. The van der Waals surface area contributed by atoms with Crippen molar-refractivity contribution in [2.24, 2.45) is 0 Å². The first-order valence-corrected chi connectivity index (χ1v) is 8.72. The summed E-state index contributed by atoms with van der Waals surface area (Å²) in [4.78, 5) is 4.50. The molecule has 0 aliphatic heterocycles. The Labute approximate surface area is 124 Å². The van der Waals surface area contributed by atoms with E-state index in [0.29, 0.717) is 11.6 Å². The molecule has 102 valence electrons. The van der Waals surface area contributed by atoms with E-state index in [1.165, 1.54) is 11.3 Å². The second-order valence-electron chi connectivity index (χ2n) is 4.21. The Balaban J connectivity index is 2.08. The second kappa shape index (κ2) is 6.50. The second-order valence-corrected chi connectivity index (χ2v) is 7.28. The summed E-state index contributed by atoms with van der Waals surface area (Å²) in [6.07, 6.45) is 1.71. The lowest BCUT2D eigenvalue weighted by molar-refractivity contribution is 0.679. The Morgan fingerprint density at radius 1 is 1.47 bits per heavy atom. The highest BCUT2D eigenvalue weighted by molar-refractivity contribution is 7.84. The van der Waals surface area contributed by atoms with Crippen molar-refractivity contribution < 1.29 is 4.21 Å². The summed E-state index contributed by atoms with van der Waals surface area (Å²) < 4.78 is 11.3. The quantitative estimate of drug-likeness (QED) is 0.916. The van der Waals surface area contributed by atoms with Gasteiger partial charge in [-0.2, -0.15) is 0 Å². The number of hydrogen-bond donors (Lipinski definition) is 1. The van der Waals surface area contributed by atoms with Crippen LogP contribution in [0.1, 0.15) is 6.92 Å². The minimum Gasteiger partial charge on any atom is -0.360 e. The number of anilines is 1. The molecule has 0 amide bonds. The van der Waals surface area contributed by atoms with Crippen LogP contribution in [0.3, 0.4) is 0 Å². The lowest BCUT2D eigenvalue weighted by Gasteiger charge is -2.08. The summed E-state index contributed by atoms with van der Waals surface area (Å²) in [6, 6.07) is 7.64. The predicted molar refractivity (Wildman–Crippen MR) is 84.6 cm³/mol. The molecule has 2 atom stereocenters. The lowest BCUT2D eigenvalue weighted by Crippen LogP contribution is -2.20. The van der Waals surface area contributed by atoms with Crippen molar-refractivity contribution in [1.82, 2.24) is 4.98 Å². The molecule has 19 heavy (non-hydrogen) atoms. The number of thiazole rings is 1. The molecular weight excluding hydrogens is 300 g/mol. The molecule has 0 saturated heterocycles. The Hall–Kier alpha value is -0.910.